The van der Waals surface area contributed by atoms with Crippen molar-refractivity contribution in [3.63, 3.8) is 0 Å². The number of carbonyl (C=O) groups excluding carboxylic acids is 3. The van der Waals surface area contributed by atoms with Crippen LogP contribution in [0.3, 0.4) is 0 Å². The van der Waals surface area contributed by atoms with Crippen LogP contribution in [-0.2, 0) is 11.3 Å². The molecule has 4 rings (SSSR count). The number of benzene rings is 1. The lowest BCUT2D eigenvalue weighted by molar-refractivity contribution is -0.137. The van der Waals surface area contributed by atoms with Crippen LogP contribution in [0.2, 0.25) is 0 Å². The Labute approximate surface area is 213 Å². The molecule has 4 amide bonds. The number of carbonyl (C=O) groups is 3. The number of amides is 4. The van der Waals surface area contributed by atoms with Crippen LogP contribution in [-0.4, -0.2) is 62.5 Å². The predicted octanol–water partition coefficient (Wildman–Crippen LogP) is 3.81. The Balaban J connectivity index is 1.36. The van der Waals surface area contributed by atoms with Crippen molar-refractivity contribution >= 4 is 46.2 Å². The molecule has 0 bridgehead atoms. The van der Waals surface area contributed by atoms with Crippen LogP contribution in [0.1, 0.15) is 45.1 Å². The Kier molecular flexibility index (Phi) is 6.88. The number of rotatable bonds is 4. The van der Waals surface area contributed by atoms with Crippen LogP contribution < -0.4 is 10.6 Å². The third-order valence-electron chi connectivity index (χ3n) is 6.49. The molecule has 2 aliphatic rings. The molecule has 0 aliphatic carbocycles. The first-order chi connectivity index (χ1) is 16.0. The summed E-state index contributed by atoms with van der Waals surface area (Å²) in [6.07, 6.45) is 3.17. The Hall–Kier alpha value is -2.63. The number of nitrogens with zero attached hydrogens (tertiary/aromatic N) is 4. The summed E-state index contributed by atoms with van der Waals surface area (Å²) in [4.78, 5) is 46.9. The second-order valence-electron chi connectivity index (χ2n) is 10.0. The lowest BCUT2D eigenvalue weighted by Crippen LogP contribution is -2.57. The van der Waals surface area contributed by atoms with Gasteiger partial charge in [-0.3, -0.25) is 9.36 Å². The summed E-state index contributed by atoms with van der Waals surface area (Å²) < 4.78 is 2.74. The van der Waals surface area contributed by atoms with E-state index in [0.717, 1.165) is 9.26 Å². The summed E-state index contributed by atoms with van der Waals surface area (Å²) in [7, 11) is 0. The molecular weight excluding hydrogens is 547 g/mol. The van der Waals surface area contributed by atoms with Gasteiger partial charge < -0.3 is 20.4 Å². The summed E-state index contributed by atoms with van der Waals surface area (Å²) in [5.41, 5.74) is 1.12. The van der Waals surface area contributed by atoms with Crippen molar-refractivity contribution in [2.75, 3.05) is 18.4 Å². The average Bonchev–Trinajstić information content (AvgIpc) is 3.32. The first kappa shape index (κ1) is 24.5. The number of hydrogen-bond donors (Lipinski definition) is 2. The fourth-order valence-corrected chi connectivity index (χ4v) is 4.94. The molecule has 1 saturated heterocycles. The van der Waals surface area contributed by atoms with E-state index in [1.165, 1.54) is 0 Å². The topological polar surface area (TPSA) is 99.6 Å². The van der Waals surface area contributed by atoms with Gasteiger partial charge in [-0.1, -0.05) is 20.8 Å². The van der Waals surface area contributed by atoms with Gasteiger partial charge in [0.2, 0.25) is 5.91 Å². The third kappa shape index (κ3) is 5.06. The highest BCUT2D eigenvalue weighted by atomic mass is 127. The number of fused-ring (bicyclic) bond motifs is 1. The molecule has 9 nitrogen and oxygen atoms in total. The Morgan fingerprint density at radius 1 is 1.15 bits per heavy atom. The van der Waals surface area contributed by atoms with Gasteiger partial charge in [0.1, 0.15) is 11.9 Å². The van der Waals surface area contributed by atoms with Crippen molar-refractivity contribution in [1.82, 2.24) is 24.7 Å². The molecule has 2 aliphatic heterocycles. The highest BCUT2D eigenvalue weighted by Gasteiger charge is 2.40. The molecule has 1 atom stereocenters. The van der Waals surface area contributed by atoms with E-state index >= 15 is 0 Å². The van der Waals surface area contributed by atoms with Crippen molar-refractivity contribution in [2.45, 2.75) is 59.2 Å². The van der Waals surface area contributed by atoms with Gasteiger partial charge in [-0.15, -0.1) is 0 Å². The number of likely N-dealkylation sites (tertiary alicyclic amines) is 1. The first-order valence-corrected chi connectivity index (χ1v) is 12.6. The number of anilines is 1. The number of halogens is 1. The van der Waals surface area contributed by atoms with Crippen LogP contribution in [0.5, 0.6) is 0 Å². The average molecular weight is 578 g/mol. The molecular formula is C24H31IN6O3. The zero-order chi connectivity index (χ0) is 24.6. The Morgan fingerprint density at radius 3 is 2.38 bits per heavy atom. The minimum atomic E-state index is -0.671. The largest absolute Gasteiger partial charge is 0.341 e. The standard InChI is InChI=1S/C24H31IN6O3/c1-15-26-13-19-14-30(23(34)31(15)19)18-9-11-29(12-10-18)21(32)20(24(2,3)4)28-22(33)27-17-7-5-16(25)6-8-17/h5-8,13,18,20H,9-12,14H2,1-4H3,(H2,27,28,33)/t20-/m0/s1. The SMILES string of the molecule is Cc1ncc2n1C(=O)N(C1CCN(C(=O)[C@H](NC(=O)Nc3ccc(I)cc3)C(C)(C)C)CC1)C2. The van der Waals surface area contributed by atoms with Crippen molar-refractivity contribution in [3.05, 3.63) is 45.6 Å². The van der Waals surface area contributed by atoms with Crippen LogP contribution in [0.4, 0.5) is 15.3 Å². The molecule has 0 radical (unpaired) electrons. The normalized spacial score (nSPS) is 17.5. The maximum Gasteiger partial charge on any atom is 0.330 e. The maximum absolute atomic E-state index is 13.4. The van der Waals surface area contributed by atoms with Gasteiger partial charge in [0.15, 0.2) is 0 Å². The van der Waals surface area contributed by atoms with E-state index < -0.39 is 17.5 Å². The van der Waals surface area contributed by atoms with Crippen LogP contribution in [0.25, 0.3) is 0 Å². The van der Waals surface area contributed by atoms with Crippen LogP contribution in [0, 0.1) is 15.9 Å². The number of urea groups is 1. The molecule has 0 saturated carbocycles. The van der Waals surface area contributed by atoms with E-state index in [4.69, 9.17) is 0 Å². The highest BCUT2D eigenvalue weighted by molar-refractivity contribution is 14.1. The predicted molar refractivity (Wildman–Crippen MR) is 137 cm³/mol. The van der Waals surface area contributed by atoms with Gasteiger partial charge in [-0.25, -0.2) is 14.6 Å². The van der Waals surface area contributed by atoms with Gasteiger partial charge in [0.05, 0.1) is 18.4 Å². The molecule has 1 aromatic heterocycles. The Bertz CT molecular complexity index is 1080. The van der Waals surface area contributed by atoms with E-state index in [0.29, 0.717) is 44.0 Å². The molecule has 3 heterocycles. The summed E-state index contributed by atoms with van der Waals surface area (Å²) in [6.45, 7) is 9.33. The molecule has 34 heavy (non-hydrogen) atoms. The monoisotopic (exact) mass is 578 g/mol. The number of aryl methyl sites for hydroxylation is 1. The first-order valence-electron chi connectivity index (χ1n) is 11.5. The maximum atomic E-state index is 13.4. The molecule has 1 aromatic carbocycles. The molecule has 1 fully saturated rings. The fourth-order valence-electron chi connectivity index (χ4n) is 4.58. The van der Waals surface area contributed by atoms with E-state index in [-0.39, 0.29) is 18.0 Å². The summed E-state index contributed by atoms with van der Waals surface area (Å²) in [6, 6.07) is 6.45. The summed E-state index contributed by atoms with van der Waals surface area (Å²) >= 11 is 2.21. The minimum Gasteiger partial charge on any atom is -0.341 e. The van der Waals surface area contributed by atoms with Gasteiger partial charge >= 0.3 is 12.1 Å². The summed E-state index contributed by atoms with van der Waals surface area (Å²) in [5.74, 6) is 0.612. The van der Waals surface area contributed by atoms with Gasteiger partial charge in [-0.2, -0.15) is 0 Å². The van der Waals surface area contributed by atoms with Crippen LogP contribution in [0.15, 0.2) is 30.5 Å². The quantitative estimate of drug-likeness (QED) is 0.540. The summed E-state index contributed by atoms with van der Waals surface area (Å²) in [5, 5.41) is 5.70. The third-order valence-corrected chi connectivity index (χ3v) is 7.21. The Morgan fingerprint density at radius 2 is 1.79 bits per heavy atom. The lowest BCUT2D eigenvalue weighted by Gasteiger charge is -2.40. The zero-order valence-corrected chi connectivity index (χ0v) is 22.1. The van der Waals surface area contributed by atoms with Crippen molar-refractivity contribution in [3.8, 4) is 0 Å². The van der Waals surface area contributed by atoms with Gasteiger partial charge in [0.25, 0.3) is 0 Å². The molecule has 0 unspecified atom stereocenters. The van der Waals surface area contributed by atoms with Gasteiger partial charge in [0, 0.05) is 28.4 Å². The molecule has 0 spiro atoms. The van der Waals surface area contributed by atoms with Crippen molar-refractivity contribution in [1.29, 1.82) is 0 Å². The number of aromatic nitrogens is 2. The van der Waals surface area contributed by atoms with Crippen molar-refractivity contribution in [2.24, 2.45) is 5.41 Å². The number of hydrogen-bond acceptors (Lipinski definition) is 4. The second-order valence-corrected chi connectivity index (χ2v) is 11.2. The number of piperidine rings is 1. The number of nitrogens with one attached hydrogen (secondary N) is 2. The lowest BCUT2D eigenvalue weighted by atomic mass is 9.85. The fraction of sp³-hybridized carbons (Fsp3) is 0.500. The van der Waals surface area contributed by atoms with E-state index in [1.807, 2.05) is 61.8 Å². The molecule has 2 aromatic rings. The number of imidazole rings is 1. The zero-order valence-electron chi connectivity index (χ0n) is 20.0. The van der Waals surface area contributed by atoms with E-state index in [2.05, 4.69) is 38.2 Å². The molecule has 182 valence electrons. The minimum absolute atomic E-state index is 0.0312. The molecule has 2 N–H and O–H groups in total. The highest BCUT2D eigenvalue weighted by Crippen LogP contribution is 2.28. The van der Waals surface area contributed by atoms with Crippen LogP contribution >= 0.6 is 22.6 Å². The van der Waals surface area contributed by atoms with Crippen molar-refractivity contribution < 1.29 is 14.4 Å². The second kappa shape index (κ2) is 9.55. The van der Waals surface area contributed by atoms with Gasteiger partial charge in [-0.05, 0) is 72.0 Å². The van der Waals surface area contributed by atoms with E-state index in [9.17, 15) is 14.4 Å². The molecule has 10 heteroatoms. The smallest absolute Gasteiger partial charge is 0.330 e. The van der Waals surface area contributed by atoms with E-state index in [1.54, 1.807) is 10.8 Å².